The van der Waals surface area contributed by atoms with Gasteiger partial charge in [-0.25, -0.2) is 9.59 Å². The number of fused-ring (bicyclic) bond motifs is 2. The van der Waals surface area contributed by atoms with Crippen LogP contribution in [0.15, 0.2) is 60.7 Å². The number of ether oxygens (including phenoxy) is 1. The van der Waals surface area contributed by atoms with Gasteiger partial charge in [0.2, 0.25) is 29.5 Å². The average Bonchev–Trinajstić information content (AvgIpc) is 3.84. The fraction of sp³-hybridized carbons (Fsp3) is 0.525. The number of carbonyl (C=O) groups is 7. The van der Waals surface area contributed by atoms with Crippen LogP contribution < -0.4 is 21.3 Å². The summed E-state index contributed by atoms with van der Waals surface area (Å²) in [6.07, 6.45) is 1.74. The Balaban J connectivity index is 1.44. The predicted molar refractivity (Wildman–Crippen MR) is 202 cm³/mol. The third-order valence-corrected chi connectivity index (χ3v) is 10.4. The Bertz CT molecular complexity index is 1710. The molecule has 296 valence electrons. The summed E-state index contributed by atoms with van der Waals surface area (Å²) in [6.45, 7) is 7.21. The van der Waals surface area contributed by atoms with Gasteiger partial charge in [0, 0.05) is 32.6 Å². The first kappa shape index (κ1) is 40.7. The van der Waals surface area contributed by atoms with Gasteiger partial charge in [-0.15, -0.1) is 0 Å². The van der Waals surface area contributed by atoms with Gasteiger partial charge in [-0.2, -0.15) is 0 Å². The standard InChI is InChI=1S/C40H53N7O8/c1-5-18-45-27(4)34(48)42-26(3)36(50)47-23-25(2)20-33(47)39(53)55-24-31(37(51)46-19-12-17-32(46)38(45)52)43-35(49)30(21-28-13-8-6-9-14-28)44-40(54)41-22-29-15-10-7-11-16-29/h6-11,13-16,25-27,30-33H,5,12,17-24H2,1-4H3,(H,42,48)(H,43,49)(H2,41,44,54). The van der Waals surface area contributed by atoms with Crippen molar-refractivity contribution in [2.75, 3.05) is 26.2 Å². The van der Waals surface area contributed by atoms with Crippen LogP contribution >= 0.6 is 0 Å². The average molecular weight is 760 g/mol. The summed E-state index contributed by atoms with van der Waals surface area (Å²) < 4.78 is 5.73. The number of benzene rings is 2. The maximum atomic E-state index is 14.5. The molecule has 4 N–H and O–H groups in total. The Hall–Kier alpha value is -5.47. The number of hydrogen-bond donors (Lipinski definition) is 4. The van der Waals surface area contributed by atoms with E-state index in [0.29, 0.717) is 25.7 Å². The highest BCUT2D eigenvalue weighted by Crippen LogP contribution is 2.26. The van der Waals surface area contributed by atoms with Crippen LogP contribution in [0.2, 0.25) is 0 Å². The molecule has 3 saturated heterocycles. The van der Waals surface area contributed by atoms with E-state index in [1.165, 1.54) is 21.6 Å². The van der Waals surface area contributed by atoms with Crippen LogP contribution in [0.3, 0.4) is 0 Å². The molecule has 3 aliphatic heterocycles. The first-order chi connectivity index (χ1) is 26.4. The van der Waals surface area contributed by atoms with Crippen molar-refractivity contribution in [3.05, 3.63) is 71.8 Å². The van der Waals surface area contributed by atoms with E-state index in [0.717, 1.165) is 11.1 Å². The number of rotatable bonds is 9. The van der Waals surface area contributed by atoms with Gasteiger partial charge in [0.15, 0.2) is 0 Å². The summed E-state index contributed by atoms with van der Waals surface area (Å²) in [5.41, 5.74) is 1.60. The minimum Gasteiger partial charge on any atom is -0.461 e. The number of hydrogen-bond acceptors (Lipinski definition) is 8. The van der Waals surface area contributed by atoms with Gasteiger partial charge in [0.25, 0.3) is 0 Å². The first-order valence-electron chi connectivity index (χ1n) is 19.2. The van der Waals surface area contributed by atoms with Crippen LogP contribution in [0.1, 0.15) is 64.5 Å². The number of cyclic esters (lactones) is 1. The van der Waals surface area contributed by atoms with Crippen LogP contribution in [-0.2, 0) is 46.5 Å². The molecule has 7 atom stereocenters. The first-order valence-corrected chi connectivity index (χ1v) is 19.2. The largest absolute Gasteiger partial charge is 0.461 e. The van der Waals surface area contributed by atoms with Gasteiger partial charge < -0.3 is 40.7 Å². The minimum absolute atomic E-state index is 0.0524. The Morgan fingerprint density at radius 2 is 1.55 bits per heavy atom. The summed E-state index contributed by atoms with van der Waals surface area (Å²) in [6, 6.07) is 11.3. The lowest BCUT2D eigenvalue weighted by molar-refractivity contribution is -0.158. The van der Waals surface area contributed by atoms with Crippen molar-refractivity contribution in [1.82, 2.24) is 36.0 Å². The summed E-state index contributed by atoms with van der Waals surface area (Å²) in [7, 11) is 0. The lowest BCUT2D eigenvalue weighted by atomic mass is 10.0. The molecule has 7 amide bonds. The third-order valence-electron chi connectivity index (χ3n) is 10.4. The topological polar surface area (TPSA) is 187 Å². The zero-order valence-electron chi connectivity index (χ0n) is 32.0. The fourth-order valence-electron chi connectivity index (χ4n) is 7.47. The maximum absolute atomic E-state index is 14.5. The molecular weight excluding hydrogens is 706 g/mol. The third kappa shape index (κ3) is 10.2. The quantitative estimate of drug-likeness (QED) is 0.277. The number of nitrogens with zero attached hydrogens (tertiary/aromatic N) is 3. The monoisotopic (exact) mass is 759 g/mol. The second-order valence-electron chi connectivity index (χ2n) is 14.7. The zero-order chi connectivity index (χ0) is 39.6. The van der Waals surface area contributed by atoms with E-state index in [1.54, 1.807) is 19.1 Å². The van der Waals surface area contributed by atoms with E-state index in [-0.39, 0.29) is 38.5 Å². The molecule has 0 aromatic heterocycles. The SMILES string of the molecule is CCCN1C(=O)C2CCCN2C(=O)C(NC(=O)C(Cc2ccccc2)NC(=O)NCc2ccccc2)COC(=O)C2CC(C)CN2C(=O)C(C)NC(=O)C1C. The van der Waals surface area contributed by atoms with Crippen molar-refractivity contribution in [2.45, 2.75) is 103 Å². The molecule has 5 rings (SSSR count). The molecule has 15 nitrogen and oxygen atoms in total. The number of nitrogens with one attached hydrogen (secondary N) is 4. The summed E-state index contributed by atoms with van der Waals surface area (Å²) in [5, 5.41) is 11.0. The molecule has 0 aliphatic carbocycles. The lowest BCUT2D eigenvalue weighted by Gasteiger charge is -2.36. The lowest BCUT2D eigenvalue weighted by Crippen LogP contribution is -2.61. The zero-order valence-corrected chi connectivity index (χ0v) is 32.0. The van der Waals surface area contributed by atoms with Crippen molar-refractivity contribution in [3.8, 4) is 0 Å². The van der Waals surface area contributed by atoms with Crippen molar-refractivity contribution in [2.24, 2.45) is 5.92 Å². The smallest absolute Gasteiger partial charge is 0.328 e. The van der Waals surface area contributed by atoms with E-state index >= 15 is 0 Å². The van der Waals surface area contributed by atoms with Gasteiger partial charge >= 0.3 is 12.0 Å². The number of urea groups is 1. The minimum atomic E-state index is -1.44. The highest BCUT2D eigenvalue weighted by atomic mass is 16.5. The Morgan fingerprint density at radius 1 is 0.873 bits per heavy atom. The Labute approximate surface area is 321 Å². The molecule has 0 bridgehead atoms. The Kier molecular flexibility index (Phi) is 13.9. The van der Waals surface area contributed by atoms with Gasteiger partial charge in [-0.1, -0.05) is 74.5 Å². The van der Waals surface area contributed by atoms with E-state index in [2.05, 4.69) is 21.3 Å². The molecule has 55 heavy (non-hydrogen) atoms. The highest BCUT2D eigenvalue weighted by molar-refractivity contribution is 5.97. The van der Waals surface area contributed by atoms with Gasteiger partial charge in [-0.3, -0.25) is 24.0 Å². The van der Waals surface area contributed by atoms with Crippen LogP contribution in [0, 0.1) is 5.92 Å². The number of esters is 1. The van der Waals surface area contributed by atoms with Crippen molar-refractivity contribution >= 4 is 41.5 Å². The fourth-order valence-corrected chi connectivity index (χ4v) is 7.47. The molecule has 2 aromatic carbocycles. The summed E-state index contributed by atoms with van der Waals surface area (Å²) >= 11 is 0. The van der Waals surface area contributed by atoms with Crippen molar-refractivity contribution < 1.29 is 38.3 Å². The van der Waals surface area contributed by atoms with Crippen molar-refractivity contribution in [1.29, 1.82) is 0 Å². The Morgan fingerprint density at radius 3 is 2.22 bits per heavy atom. The normalized spacial score (nSPS) is 25.7. The second kappa shape index (κ2) is 18.7. The van der Waals surface area contributed by atoms with Crippen LogP contribution in [-0.4, -0.2) is 119 Å². The molecule has 3 fully saturated rings. The van der Waals surface area contributed by atoms with E-state index in [1.807, 2.05) is 62.4 Å². The molecule has 15 heteroatoms. The maximum Gasteiger partial charge on any atom is 0.328 e. The number of amides is 7. The summed E-state index contributed by atoms with van der Waals surface area (Å²) in [4.78, 5) is 101. The van der Waals surface area contributed by atoms with E-state index in [4.69, 9.17) is 4.74 Å². The molecule has 7 unspecified atom stereocenters. The van der Waals surface area contributed by atoms with E-state index < -0.39 is 84.4 Å². The van der Waals surface area contributed by atoms with E-state index in [9.17, 15) is 33.6 Å². The predicted octanol–water partition coefficient (Wildman–Crippen LogP) is 1.50. The van der Waals surface area contributed by atoms with Crippen LogP contribution in [0.25, 0.3) is 0 Å². The second-order valence-corrected chi connectivity index (χ2v) is 14.7. The highest BCUT2D eigenvalue weighted by Gasteiger charge is 2.45. The molecule has 3 aliphatic rings. The molecule has 2 aromatic rings. The molecule has 0 spiro atoms. The van der Waals surface area contributed by atoms with Gasteiger partial charge in [-0.05, 0) is 56.6 Å². The summed E-state index contributed by atoms with van der Waals surface area (Å²) in [5.74, 6) is -3.61. The molecule has 0 saturated carbocycles. The molecular formula is C40H53N7O8. The van der Waals surface area contributed by atoms with Crippen LogP contribution in [0.4, 0.5) is 4.79 Å². The van der Waals surface area contributed by atoms with Crippen molar-refractivity contribution in [3.63, 3.8) is 0 Å². The molecule has 0 radical (unpaired) electrons. The number of carbonyl (C=O) groups excluding carboxylic acids is 7. The van der Waals surface area contributed by atoms with Gasteiger partial charge in [0.05, 0.1) is 0 Å². The van der Waals surface area contributed by atoms with Gasteiger partial charge in [0.1, 0.15) is 42.9 Å². The molecule has 3 heterocycles. The van der Waals surface area contributed by atoms with Crippen LogP contribution in [0.5, 0.6) is 0 Å².